The fraction of sp³-hybridized carbons (Fsp3) is 0.161. The second-order valence-corrected chi connectivity index (χ2v) is 10.4. The minimum atomic E-state index is -4.71. The predicted molar refractivity (Wildman–Crippen MR) is 151 cm³/mol. The minimum absolute atomic E-state index is 0.00379. The number of nitrogens with zero attached hydrogens (tertiary/aromatic N) is 4. The van der Waals surface area contributed by atoms with Crippen LogP contribution in [0.4, 0.5) is 23.4 Å². The number of halogens is 4. The highest BCUT2D eigenvalue weighted by Gasteiger charge is 2.41. The maximum Gasteiger partial charge on any atom is 0.417 e. The molecule has 0 spiro atoms. The van der Waals surface area contributed by atoms with Crippen LogP contribution in [0.2, 0.25) is 0 Å². The molecule has 0 unspecified atom stereocenters. The van der Waals surface area contributed by atoms with E-state index in [1.54, 1.807) is 42.6 Å². The third-order valence-corrected chi connectivity index (χ3v) is 6.86. The van der Waals surface area contributed by atoms with Gasteiger partial charge in [-0.2, -0.15) is 13.2 Å². The van der Waals surface area contributed by atoms with Crippen molar-refractivity contribution in [1.29, 1.82) is 0 Å². The van der Waals surface area contributed by atoms with E-state index in [0.717, 1.165) is 11.6 Å². The predicted octanol–water partition coefficient (Wildman–Crippen LogP) is 7.01. The van der Waals surface area contributed by atoms with Crippen LogP contribution in [-0.2, 0) is 6.18 Å². The van der Waals surface area contributed by atoms with Crippen LogP contribution in [-0.4, -0.2) is 44.5 Å². The number of alkyl halides is 4. The van der Waals surface area contributed by atoms with E-state index in [0.29, 0.717) is 16.9 Å². The Hall–Kier alpha value is -5.26. The number of aromatic nitrogens is 3. The van der Waals surface area contributed by atoms with Crippen molar-refractivity contribution in [2.45, 2.75) is 18.8 Å². The Morgan fingerprint density at radius 3 is 2.42 bits per heavy atom. The van der Waals surface area contributed by atoms with Crippen LogP contribution in [0.5, 0.6) is 0 Å². The first kappa shape index (κ1) is 27.9. The molecule has 2 N–H and O–H groups in total. The van der Waals surface area contributed by atoms with E-state index in [1.807, 2.05) is 0 Å². The molecule has 43 heavy (non-hydrogen) atoms. The van der Waals surface area contributed by atoms with E-state index in [1.165, 1.54) is 48.5 Å². The Labute approximate surface area is 242 Å². The Morgan fingerprint density at radius 1 is 1.00 bits per heavy atom. The summed E-state index contributed by atoms with van der Waals surface area (Å²) in [6, 6.07) is 13.4. The maximum absolute atomic E-state index is 14.2. The average Bonchev–Trinajstić information content (AvgIpc) is 3.65. The third-order valence-electron chi connectivity index (χ3n) is 6.86. The standard InChI is InChI=1S/C31H23F4N5O3/c1-30(32)16-40(17-30)29(41)20-6-4-19(5-7-20)21-8-9-22(23(12-21)31(33,34)35)28-38-14-25(43-28)24-15-42-27(39-24)11-3-18-2-10-26(36)37-13-18/h2-15H,16-17H2,1H3,(H2,36,37)/b11-3+. The molecule has 0 bridgehead atoms. The Morgan fingerprint density at radius 2 is 1.74 bits per heavy atom. The second-order valence-electron chi connectivity index (χ2n) is 10.4. The lowest BCUT2D eigenvalue weighted by Crippen LogP contribution is -2.59. The van der Waals surface area contributed by atoms with Crippen LogP contribution in [0.25, 0.3) is 46.2 Å². The maximum atomic E-state index is 14.2. The van der Waals surface area contributed by atoms with Gasteiger partial charge in [-0.3, -0.25) is 4.79 Å². The first-order valence-electron chi connectivity index (χ1n) is 13.1. The van der Waals surface area contributed by atoms with Crippen molar-refractivity contribution in [1.82, 2.24) is 19.9 Å². The first-order chi connectivity index (χ1) is 20.4. The first-order valence-corrected chi connectivity index (χ1v) is 13.1. The number of nitrogen functional groups attached to an aromatic ring is 1. The SMILES string of the molecule is CC1(F)CN(C(=O)c2ccc(-c3ccc(-c4ncc(-c5coc(/C=C/c6ccc(N)nc6)n5)o4)c(C(F)(F)F)c3)cc2)C1. The number of amides is 1. The van der Waals surface area contributed by atoms with Crippen molar-refractivity contribution >= 4 is 23.9 Å². The molecule has 4 heterocycles. The van der Waals surface area contributed by atoms with E-state index >= 15 is 0 Å². The number of carbonyl (C=O) groups excluding carboxylic acids is 1. The molecule has 3 aromatic heterocycles. The summed E-state index contributed by atoms with van der Waals surface area (Å²) < 4.78 is 67.4. The highest BCUT2D eigenvalue weighted by Crippen LogP contribution is 2.40. The summed E-state index contributed by atoms with van der Waals surface area (Å²) in [6.45, 7) is 1.43. The van der Waals surface area contributed by atoms with Gasteiger partial charge in [-0.05, 0) is 66.1 Å². The third kappa shape index (κ3) is 5.89. The molecule has 1 aliphatic heterocycles. The molecule has 0 radical (unpaired) electrons. The lowest BCUT2D eigenvalue weighted by atomic mass is 9.96. The summed E-state index contributed by atoms with van der Waals surface area (Å²) in [4.78, 5) is 26.3. The molecule has 1 fully saturated rings. The van der Waals surface area contributed by atoms with Gasteiger partial charge in [0.25, 0.3) is 5.91 Å². The van der Waals surface area contributed by atoms with Gasteiger partial charge >= 0.3 is 6.18 Å². The fourth-order valence-electron chi connectivity index (χ4n) is 4.70. The quantitative estimate of drug-likeness (QED) is 0.212. The topological polar surface area (TPSA) is 111 Å². The zero-order valence-electron chi connectivity index (χ0n) is 22.6. The number of benzene rings is 2. The van der Waals surface area contributed by atoms with Crippen molar-refractivity contribution in [3.8, 4) is 34.0 Å². The van der Waals surface area contributed by atoms with Crippen molar-refractivity contribution in [3.05, 3.63) is 95.8 Å². The van der Waals surface area contributed by atoms with Crippen LogP contribution < -0.4 is 5.73 Å². The van der Waals surface area contributed by atoms with Crippen LogP contribution in [0, 0.1) is 0 Å². The molecular weight excluding hydrogens is 566 g/mol. The Bertz CT molecular complexity index is 1820. The van der Waals surface area contributed by atoms with Gasteiger partial charge in [-0.25, -0.2) is 19.3 Å². The van der Waals surface area contributed by atoms with E-state index in [4.69, 9.17) is 14.6 Å². The van der Waals surface area contributed by atoms with E-state index < -0.39 is 17.4 Å². The molecule has 6 rings (SSSR count). The number of hydrogen-bond donors (Lipinski definition) is 1. The number of nitrogens with two attached hydrogens (primary N) is 1. The fourth-order valence-corrected chi connectivity index (χ4v) is 4.70. The van der Waals surface area contributed by atoms with Crippen LogP contribution >= 0.6 is 0 Å². The normalized spacial score (nSPS) is 14.7. The summed E-state index contributed by atoms with van der Waals surface area (Å²) in [5, 5.41) is 0. The summed E-state index contributed by atoms with van der Waals surface area (Å²) >= 11 is 0. The summed E-state index contributed by atoms with van der Waals surface area (Å²) in [5.41, 5.74) is 5.09. The summed E-state index contributed by atoms with van der Waals surface area (Å²) in [7, 11) is 0. The zero-order valence-corrected chi connectivity index (χ0v) is 22.6. The molecular formula is C31H23F4N5O3. The molecule has 5 aromatic rings. The van der Waals surface area contributed by atoms with Gasteiger partial charge in [0.2, 0.25) is 11.8 Å². The van der Waals surface area contributed by atoms with Crippen molar-refractivity contribution in [2.24, 2.45) is 0 Å². The van der Waals surface area contributed by atoms with Crippen molar-refractivity contribution in [3.63, 3.8) is 0 Å². The number of carbonyl (C=O) groups is 1. The van der Waals surface area contributed by atoms with Gasteiger partial charge in [-0.15, -0.1) is 0 Å². The van der Waals surface area contributed by atoms with Gasteiger partial charge in [0.1, 0.15) is 23.4 Å². The van der Waals surface area contributed by atoms with Gasteiger partial charge in [-0.1, -0.05) is 18.2 Å². The number of rotatable bonds is 6. The number of likely N-dealkylation sites (tertiary alicyclic amines) is 1. The molecule has 1 amide bonds. The molecule has 0 aliphatic carbocycles. The molecule has 0 atom stereocenters. The molecule has 1 saturated heterocycles. The smallest absolute Gasteiger partial charge is 0.417 e. The summed E-state index contributed by atoms with van der Waals surface area (Å²) in [5.74, 6) is 0.182. The second kappa shape index (κ2) is 10.5. The number of hydrogen-bond acceptors (Lipinski definition) is 7. The lowest BCUT2D eigenvalue weighted by Gasteiger charge is -2.42. The minimum Gasteiger partial charge on any atom is -0.444 e. The van der Waals surface area contributed by atoms with Crippen LogP contribution in [0.1, 0.15) is 34.3 Å². The van der Waals surface area contributed by atoms with E-state index in [9.17, 15) is 22.4 Å². The highest BCUT2D eigenvalue weighted by molar-refractivity contribution is 5.95. The van der Waals surface area contributed by atoms with Gasteiger partial charge in [0.15, 0.2) is 5.76 Å². The summed E-state index contributed by atoms with van der Waals surface area (Å²) in [6.07, 6.45) is 2.76. The van der Waals surface area contributed by atoms with Gasteiger partial charge in [0, 0.05) is 23.4 Å². The monoisotopic (exact) mass is 589 g/mol. The number of oxazole rings is 2. The van der Waals surface area contributed by atoms with Crippen LogP contribution in [0.3, 0.4) is 0 Å². The largest absolute Gasteiger partial charge is 0.444 e. The molecule has 12 heteroatoms. The van der Waals surface area contributed by atoms with E-state index in [2.05, 4.69) is 15.0 Å². The molecule has 1 aliphatic rings. The Balaban J connectivity index is 1.22. The van der Waals surface area contributed by atoms with Crippen molar-refractivity contribution in [2.75, 3.05) is 18.8 Å². The lowest BCUT2D eigenvalue weighted by molar-refractivity contribution is -0.137. The molecule has 218 valence electrons. The van der Waals surface area contributed by atoms with Gasteiger partial charge < -0.3 is 19.5 Å². The van der Waals surface area contributed by atoms with Crippen molar-refractivity contribution < 1.29 is 31.2 Å². The molecule has 8 nitrogen and oxygen atoms in total. The molecule has 0 saturated carbocycles. The molecule has 2 aromatic carbocycles. The average molecular weight is 590 g/mol. The van der Waals surface area contributed by atoms with E-state index in [-0.39, 0.29) is 53.4 Å². The zero-order chi connectivity index (χ0) is 30.4. The number of pyridine rings is 1. The van der Waals surface area contributed by atoms with Crippen LogP contribution in [0.15, 0.2) is 82.1 Å². The van der Waals surface area contributed by atoms with Gasteiger partial charge in [0.05, 0.1) is 24.8 Å². The highest BCUT2D eigenvalue weighted by atomic mass is 19.4. The Kier molecular flexibility index (Phi) is 6.83. The number of anilines is 1.